The second kappa shape index (κ2) is 7.47. The molecule has 0 aliphatic heterocycles. The molecule has 26 heavy (non-hydrogen) atoms. The molecule has 6 nitrogen and oxygen atoms in total. The molecule has 2 rings (SSSR count). The van der Waals surface area contributed by atoms with E-state index >= 15 is 0 Å². The van der Waals surface area contributed by atoms with E-state index in [-0.39, 0.29) is 10.8 Å². The molecule has 0 aliphatic rings. The van der Waals surface area contributed by atoms with E-state index in [1.165, 1.54) is 12.1 Å². The molecule has 0 aliphatic carbocycles. The maximum atomic E-state index is 12.5. The molecule has 1 amide bonds. The molecule has 2 aromatic rings. The Morgan fingerprint density at radius 1 is 1.00 bits per heavy atom. The minimum absolute atomic E-state index is 0.104. The second-order valence-corrected chi connectivity index (χ2v) is 8.96. The zero-order valence-electron chi connectivity index (χ0n) is 15.7. The largest absolute Gasteiger partial charge is 0.378 e. The first kappa shape index (κ1) is 19.9. The molecule has 0 fully saturated rings. The van der Waals surface area contributed by atoms with Gasteiger partial charge in [0.2, 0.25) is 10.0 Å². The van der Waals surface area contributed by atoms with Crippen LogP contribution >= 0.6 is 0 Å². The lowest BCUT2D eigenvalue weighted by atomic mass is 10.1. The van der Waals surface area contributed by atoms with Crippen LogP contribution in [0.1, 0.15) is 31.1 Å². The molecule has 2 aromatic carbocycles. The van der Waals surface area contributed by atoms with Crippen molar-refractivity contribution in [3.63, 3.8) is 0 Å². The van der Waals surface area contributed by atoms with E-state index < -0.39 is 15.6 Å². The smallest absolute Gasteiger partial charge is 0.255 e. The fraction of sp³-hybridized carbons (Fsp3) is 0.316. The van der Waals surface area contributed by atoms with Crippen molar-refractivity contribution in [2.75, 3.05) is 24.3 Å². The van der Waals surface area contributed by atoms with E-state index in [4.69, 9.17) is 0 Å². The Hall–Kier alpha value is -2.38. The monoisotopic (exact) mass is 375 g/mol. The number of amides is 1. The molecule has 0 saturated heterocycles. The van der Waals surface area contributed by atoms with Gasteiger partial charge in [0.1, 0.15) is 0 Å². The van der Waals surface area contributed by atoms with Crippen molar-refractivity contribution < 1.29 is 13.2 Å². The molecule has 0 radical (unpaired) electrons. The molecule has 7 heteroatoms. The first-order valence-corrected chi connectivity index (χ1v) is 9.69. The molecular weight excluding hydrogens is 350 g/mol. The van der Waals surface area contributed by atoms with Crippen LogP contribution in [-0.4, -0.2) is 34.0 Å². The van der Waals surface area contributed by atoms with Gasteiger partial charge in [0.05, 0.1) is 4.90 Å². The lowest BCUT2D eigenvalue weighted by Gasteiger charge is -2.20. The Labute approximate surface area is 155 Å². The SMILES string of the molecule is CN(C)c1cccc(C(=O)Nc2cccc(S(=O)(=O)NC(C)(C)C)c2)c1. The summed E-state index contributed by atoms with van der Waals surface area (Å²) in [5, 5.41) is 2.75. The van der Waals surface area contributed by atoms with Crippen molar-refractivity contribution in [1.82, 2.24) is 4.72 Å². The van der Waals surface area contributed by atoms with Crippen LogP contribution in [-0.2, 0) is 10.0 Å². The standard InChI is InChI=1S/C19H25N3O3S/c1-19(2,3)21-26(24,25)17-11-7-9-15(13-17)20-18(23)14-8-6-10-16(12-14)22(4)5/h6-13,21H,1-5H3,(H,20,23). The molecule has 0 saturated carbocycles. The number of hydrogen-bond acceptors (Lipinski definition) is 4. The Morgan fingerprint density at radius 3 is 2.27 bits per heavy atom. The highest BCUT2D eigenvalue weighted by Gasteiger charge is 2.22. The van der Waals surface area contributed by atoms with Gasteiger partial charge in [-0.3, -0.25) is 4.79 Å². The summed E-state index contributed by atoms with van der Waals surface area (Å²) in [4.78, 5) is 14.5. The van der Waals surface area contributed by atoms with Gasteiger partial charge in [-0.1, -0.05) is 12.1 Å². The summed E-state index contributed by atoms with van der Waals surface area (Å²) in [5.41, 5.74) is 1.23. The van der Waals surface area contributed by atoms with E-state index in [2.05, 4.69) is 10.0 Å². The highest BCUT2D eigenvalue weighted by molar-refractivity contribution is 7.89. The molecule has 0 heterocycles. The Balaban J connectivity index is 2.23. The third-order valence-corrected chi connectivity index (χ3v) is 5.22. The number of anilines is 2. The van der Waals surface area contributed by atoms with Crippen LogP contribution in [0.5, 0.6) is 0 Å². The zero-order valence-corrected chi connectivity index (χ0v) is 16.5. The molecule has 2 N–H and O–H groups in total. The minimum Gasteiger partial charge on any atom is -0.378 e. The first-order chi connectivity index (χ1) is 12.0. The number of nitrogens with one attached hydrogen (secondary N) is 2. The summed E-state index contributed by atoms with van der Waals surface area (Å²) in [5.74, 6) is -0.299. The average Bonchev–Trinajstić information content (AvgIpc) is 2.53. The topological polar surface area (TPSA) is 78.5 Å². The number of carbonyl (C=O) groups is 1. The molecule has 0 aromatic heterocycles. The van der Waals surface area contributed by atoms with E-state index in [0.717, 1.165) is 5.69 Å². The van der Waals surface area contributed by atoms with Gasteiger partial charge in [-0.2, -0.15) is 0 Å². The van der Waals surface area contributed by atoms with Crippen LogP contribution in [0.3, 0.4) is 0 Å². The summed E-state index contributed by atoms with van der Waals surface area (Å²) in [6.45, 7) is 5.32. The van der Waals surface area contributed by atoms with Crippen molar-refractivity contribution in [3.8, 4) is 0 Å². The van der Waals surface area contributed by atoms with Crippen LogP contribution in [0.25, 0.3) is 0 Å². The number of benzene rings is 2. The lowest BCUT2D eigenvalue weighted by molar-refractivity contribution is 0.102. The van der Waals surface area contributed by atoms with E-state index in [1.54, 1.807) is 51.1 Å². The zero-order chi connectivity index (χ0) is 19.5. The van der Waals surface area contributed by atoms with Crippen LogP contribution in [0.2, 0.25) is 0 Å². The average molecular weight is 375 g/mol. The van der Waals surface area contributed by atoms with Gasteiger partial charge in [0.25, 0.3) is 5.91 Å². The Morgan fingerprint density at radius 2 is 1.65 bits per heavy atom. The molecule has 0 bridgehead atoms. The number of rotatable bonds is 5. The van der Waals surface area contributed by atoms with Crippen molar-refractivity contribution in [2.45, 2.75) is 31.2 Å². The summed E-state index contributed by atoms with van der Waals surface area (Å²) in [6.07, 6.45) is 0. The van der Waals surface area contributed by atoms with Crippen LogP contribution in [0.15, 0.2) is 53.4 Å². The summed E-state index contributed by atoms with van der Waals surface area (Å²) < 4.78 is 27.5. The minimum atomic E-state index is -3.67. The quantitative estimate of drug-likeness (QED) is 0.842. The molecule has 140 valence electrons. The van der Waals surface area contributed by atoms with Crippen LogP contribution in [0, 0.1) is 0 Å². The lowest BCUT2D eigenvalue weighted by Crippen LogP contribution is -2.40. The first-order valence-electron chi connectivity index (χ1n) is 8.21. The van der Waals surface area contributed by atoms with E-state index in [0.29, 0.717) is 11.3 Å². The van der Waals surface area contributed by atoms with Crippen molar-refractivity contribution in [3.05, 3.63) is 54.1 Å². The maximum Gasteiger partial charge on any atom is 0.255 e. The summed E-state index contributed by atoms with van der Waals surface area (Å²) >= 11 is 0. The third kappa shape index (κ3) is 5.31. The predicted molar refractivity (Wildman–Crippen MR) is 105 cm³/mol. The molecular formula is C19H25N3O3S. The highest BCUT2D eigenvalue weighted by Crippen LogP contribution is 2.19. The summed E-state index contributed by atoms with van der Waals surface area (Å²) in [6, 6.07) is 13.4. The van der Waals surface area contributed by atoms with Gasteiger partial charge in [-0.25, -0.2) is 13.1 Å². The van der Waals surface area contributed by atoms with Crippen molar-refractivity contribution in [2.24, 2.45) is 0 Å². The Bertz CT molecular complexity index is 900. The van der Waals surface area contributed by atoms with E-state index in [9.17, 15) is 13.2 Å². The number of sulfonamides is 1. The summed E-state index contributed by atoms with van der Waals surface area (Å²) in [7, 11) is 0.126. The highest BCUT2D eigenvalue weighted by atomic mass is 32.2. The van der Waals surface area contributed by atoms with Crippen LogP contribution in [0.4, 0.5) is 11.4 Å². The molecule has 0 unspecified atom stereocenters. The van der Waals surface area contributed by atoms with Crippen molar-refractivity contribution >= 4 is 27.3 Å². The van der Waals surface area contributed by atoms with Gasteiger partial charge in [-0.05, 0) is 57.2 Å². The number of carbonyl (C=O) groups excluding carboxylic acids is 1. The van der Waals surface area contributed by atoms with Gasteiger partial charge in [-0.15, -0.1) is 0 Å². The maximum absolute atomic E-state index is 12.5. The molecule has 0 spiro atoms. The van der Waals surface area contributed by atoms with Crippen LogP contribution < -0.4 is 14.9 Å². The predicted octanol–water partition coefficient (Wildman–Crippen LogP) is 3.08. The van der Waals surface area contributed by atoms with E-state index in [1.807, 2.05) is 25.1 Å². The number of hydrogen-bond donors (Lipinski definition) is 2. The fourth-order valence-electron chi connectivity index (χ4n) is 2.33. The van der Waals surface area contributed by atoms with Gasteiger partial charge in [0, 0.05) is 36.6 Å². The second-order valence-electron chi connectivity index (χ2n) is 7.28. The third-order valence-electron chi connectivity index (χ3n) is 3.47. The van der Waals surface area contributed by atoms with Gasteiger partial charge >= 0.3 is 0 Å². The molecule has 0 atom stereocenters. The normalized spacial score (nSPS) is 11.9. The Kier molecular flexibility index (Phi) is 5.73. The van der Waals surface area contributed by atoms with Gasteiger partial charge < -0.3 is 10.2 Å². The van der Waals surface area contributed by atoms with Crippen molar-refractivity contribution in [1.29, 1.82) is 0 Å². The fourth-order valence-corrected chi connectivity index (χ4v) is 3.80. The number of nitrogens with zero attached hydrogens (tertiary/aromatic N) is 1. The van der Waals surface area contributed by atoms with Gasteiger partial charge in [0.15, 0.2) is 0 Å².